The van der Waals surface area contributed by atoms with Crippen LogP contribution in [0.1, 0.15) is 12.5 Å². The number of aromatic nitrogens is 4. The van der Waals surface area contributed by atoms with Gasteiger partial charge in [0.25, 0.3) is 0 Å². The Kier molecular flexibility index (Phi) is 5.60. The lowest BCUT2D eigenvalue weighted by molar-refractivity contribution is -0.118. The zero-order valence-corrected chi connectivity index (χ0v) is 14.8. The minimum Gasteiger partial charge on any atom is -0.351 e. The van der Waals surface area contributed by atoms with Crippen LogP contribution in [-0.4, -0.2) is 31.4 Å². The molecule has 3 aromatic rings. The topological polar surface area (TPSA) is 72.7 Å². The second-order valence-electron chi connectivity index (χ2n) is 4.95. The maximum absolute atomic E-state index is 12.0. The quantitative estimate of drug-likeness (QED) is 0.657. The summed E-state index contributed by atoms with van der Waals surface area (Å²) in [6.07, 6.45) is 3.46. The Morgan fingerprint density at radius 2 is 2.25 bits per heavy atom. The second-order valence-corrected chi connectivity index (χ2v) is 6.84. The van der Waals surface area contributed by atoms with Crippen molar-refractivity contribution in [1.29, 1.82) is 0 Å². The van der Waals surface area contributed by atoms with Crippen molar-refractivity contribution in [2.75, 3.05) is 5.75 Å². The van der Waals surface area contributed by atoms with Crippen LogP contribution in [0.15, 0.2) is 47.2 Å². The molecule has 0 unspecified atom stereocenters. The van der Waals surface area contributed by atoms with E-state index in [1.165, 1.54) is 11.8 Å². The molecule has 1 N–H and O–H groups in total. The van der Waals surface area contributed by atoms with Crippen molar-refractivity contribution < 1.29 is 4.79 Å². The van der Waals surface area contributed by atoms with Gasteiger partial charge in [0.15, 0.2) is 11.0 Å². The highest BCUT2D eigenvalue weighted by molar-refractivity contribution is 7.99. The summed E-state index contributed by atoms with van der Waals surface area (Å²) in [4.78, 5) is 17.1. The van der Waals surface area contributed by atoms with Crippen molar-refractivity contribution in [3.63, 3.8) is 0 Å². The van der Waals surface area contributed by atoms with Gasteiger partial charge < -0.3 is 9.88 Å². The Morgan fingerprint density at radius 3 is 2.96 bits per heavy atom. The van der Waals surface area contributed by atoms with Gasteiger partial charge in [-0.1, -0.05) is 23.9 Å². The molecule has 0 spiro atoms. The number of nitrogens with one attached hydrogen (secondary N) is 1. The number of nitrogens with zero attached hydrogens (tertiary/aromatic N) is 4. The van der Waals surface area contributed by atoms with E-state index in [0.29, 0.717) is 12.3 Å². The third-order valence-electron chi connectivity index (χ3n) is 3.32. The first kappa shape index (κ1) is 16.7. The molecule has 3 rings (SSSR count). The molecule has 0 bridgehead atoms. The van der Waals surface area contributed by atoms with Gasteiger partial charge >= 0.3 is 0 Å². The molecule has 0 aliphatic carbocycles. The van der Waals surface area contributed by atoms with E-state index in [9.17, 15) is 4.79 Å². The molecule has 0 aliphatic heterocycles. The summed E-state index contributed by atoms with van der Waals surface area (Å²) in [7, 11) is 0. The molecule has 1 amide bonds. The number of amides is 1. The normalized spacial score (nSPS) is 10.7. The van der Waals surface area contributed by atoms with E-state index in [4.69, 9.17) is 0 Å². The third-order valence-corrected chi connectivity index (χ3v) is 5.15. The van der Waals surface area contributed by atoms with Crippen LogP contribution >= 0.6 is 23.1 Å². The highest BCUT2D eigenvalue weighted by Crippen LogP contribution is 2.26. The molecule has 3 aromatic heterocycles. The van der Waals surface area contributed by atoms with E-state index >= 15 is 0 Å². The maximum atomic E-state index is 12.0. The highest BCUT2D eigenvalue weighted by Gasteiger charge is 2.15. The van der Waals surface area contributed by atoms with Gasteiger partial charge in [-0.3, -0.25) is 9.78 Å². The van der Waals surface area contributed by atoms with Gasteiger partial charge in [0, 0.05) is 25.5 Å². The smallest absolute Gasteiger partial charge is 0.230 e. The fourth-order valence-corrected chi connectivity index (χ4v) is 3.70. The van der Waals surface area contributed by atoms with E-state index in [0.717, 1.165) is 28.0 Å². The average Bonchev–Trinajstić information content (AvgIpc) is 3.27. The van der Waals surface area contributed by atoms with Crippen molar-refractivity contribution in [1.82, 2.24) is 25.1 Å². The van der Waals surface area contributed by atoms with Crippen LogP contribution in [0.5, 0.6) is 0 Å². The largest absolute Gasteiger partial charge is 0.351 e. The zero-order chi connectivity index (χ0) is 16.8. The molecule has 0 fully saturated rings. The zero-order valence-electron chi connectivity index (χ0n) is 13.2. The minimum atomic E-state index is -0.0350. The summed E-state index contributed by atoms with van der Waals surface area (Å²) < 4.78 is 2.03. The predicted octanol–water partition coefficient (Wildman–Crippen LogP) is 2.83. The summed E-state index contributed by atoms with van der Waals surface area (Å²) in [5.74, 6) is 1.13. The fraction of sp³-hybridized carbons (Fsp3) is 0.250. The molecule has 0 radical (unpaired) electrons. The molecule has 3 heterocycles. The lowest BCUT2D eigenvalue weighted by Crippen LogP contribution is -2.24. The van der Waals surface area contributed by atoms with E-state index in [2.05, 4.69) is 20.5 Å². The van der Waals surface area contributed by atoms with Crippen molar-refractivity contribution in [2.45, 2.75) is 25.2 Å². The Balaban J connectivity index is 1.57. The van der Waals surface area contributed by atoms with Gasteiger partial charge in [-0.2, -0.15) is 0 Å². The summed E-state index contributed by atoms with van der Waals surface area (Å²) in [6.45, 7) is 3.29. The van der Waals surface area contributed by atoms with Gasteiger partial charge in [0.1, 0.15) is 0 Å². The number of carbonyl (C=O) groups is 1. The molecule has 0 atom stereocenters. The standard InChI is InChI=1S/C16H17N5OS2/c1-2-21-15(13-6-4-8-23-13)19-20-16(21)24-11-14(22)18-10-12-5-3-7-17-9-12/h3-9H,2,10-11H2,1H3,(H,18,22). The Hall–Kier alpha value is -2.19. The lowest BCUT2D eigenvalue weighted by atomic mass is 10.3. The van der Waals surface area contributed by atoms with Gasteiger partial charge in [0.2, 0.25) is 5.91 Å². The molecule has 6 nitrogen and oxygen atoms in total. The molecular weight excluding hydrogens is 342 g/mol. The minimum absolute atomic E-state index is 0.0350. The molecular formula is C16H17N5OS2. The van der Waals surface area contributed by atoms with Crippen LogP contribution in [0.25, 0.3) is 10.7 Å². The van der Waals surface area contributed by atoms with E-state index in [1.54, 1.807) is 23.7 Å². The van der Waals surface area contributed by atoms with Gasteiger partial charge in [-0.15, -0.1) is 21.5 Å². The van der Waals surface area contributed by atoms with Gasteiger partial charge in [0.05, 0.1) is 10.6 Å². The number of rotatable bonds is 7. The van der Waals surface area contributed by atoms with Crippen LogP contribution in [0.2, 0.25) is 0 Å². The number of carbonyl (C=O) groups excluding carboxylic acids is 1. The summed E-state index contributed by atoms with van der Waals surface area (Å²) in [5, 5.41) is 14.2. The molecule has 124 valence electrons. The molecule has 0 saturated carbocycles. The first-order chi connectivity index (χ1) is 11.8. The highest BCUT2D eigenvalue weighted by atomic mass is 32.2. The first-order valence-corrected chi connectivity index (χ1v) is 9.40. The fourth-order valence-electron chi connectivity index (χ4n) is 2.15. The maximum Gasteiger partial charge on any atom is 0.230 e. The molecule has 0 aromatic carbocycles. The SMILES string of the molecule is CCn1c(SCC(=O)NCc2cccnc2)nnc1-c1cccs1. The molecule has 0 saturated heterocycles. The second kappa shape index (κ2) is 8.07. The third kappa shape index (κ3) is 4.01. The summed E-state index contributed by atoms with van der Waals surface area (Å²) in [6, 6.07) is 7.80. The van der Waals surface area contributed by atoms with Crippen molar-refractivity contribution in [3.8, 4) is 10.7 Å². The monoisotopic (exact) mass is 359 g/mol. The average molecular weight is 359 g/mol. The molecule has 24 heavy (non-hydrogen) atoms. The summed E-state index contributed by atoms with van der Waals surface area (Å²) >= 11 is 3.03. The Labute approximate surface area is 148 Å². The molecule has 8 heteroatoms. The Morgan fingerprint density at radius 1 is 1.33 bits per heavy atom. The van der Waals surface area contributed by atoms with Crippen LogP contribution in [-0.2, 0) is 17.9 Å². The number of thioether (sulfide) groups is 1. The van der Waals surface area contributed by atoms with E-state index < -0.39 is 0 Å². The van der Waals surface area contributed by atoms with Gasteiger partial charge in [-0.05, 0) is 30.0 Å². The van der Waals surface area contributed by atoms with E-state index in [1.807, 2.05) is 41.1 Å². The first-order valence-electron chi connectivity index (χ1n) is 7.53. The number of pyridine rings is 1. The molecule has 0 aliphatic rings. The van der Waals surface area contributed by atoms with Crippen molar-refractivity contribution >= 4 is 29.0 Å². The van der Waals surface area contributed by atoms with Crippen molar-refractivity contribution in [2.24, 2.45) is 0 Å². The lowest BCUT2D eigenvalue weighted by Gasteiger charge is -2.07. The number of hydrogen-bond donors (Lipinski definition) is 1. The predicted molar refractivity (Wildman–Crippen MR) is 95.8 cm³/mol. The Bertz CT molecular complexity index is 786. The summed E-state index contributed by atoms with van der Waals surface area (Å²) in [5.41, 5.74) is 0.979. The van der Waals surface area contributed by atoms with Crippen LogP contribution < -0.4 is 5.32 Å². The number of hydrogen-bond acceptors (Lipinski definition) is 6. The van der Waals surface area contributed by atoms with Crippen molar-refractivity contribution in [3.05, 3.63) is 47.6 Å². The van der Waals surface area contributed by atoms with E-state index in [-0.39, 0.29) is 5.91 Å². The van der Waals surface area contributed by atoms with Gasteiger partial charge in [-0.25, -0.2) is 0 Å². The van der Waals surface area contributed by atoms with Crippen LogP contribution in [0.3, 0.4) is 0 Å². The number of thiophene rings is 1. The van der Waals surface area contributed by atoms with Crippen LogP contribution in [0.4, 0.5) is 0 Å². The van der Waals surface area contributed by atoms with Crippen LogP contribution in [0, 0.1) is 0 Å².